The molecule has 0 saturated heterocycles. The highest BCUT2D eigenvalue weighted by Gasteiger charge is 2.22. The predicted molar refractivity (Wildman–Crippen MR) is 95.2 cm³/mol. The molecule has 0 heterocycles. The van der Waals surface area contributed by atoms with Crippen molar-refractivity contribution in [2.45, 2.75) is 59.2 Å². The average Bonchev–Trinajstić information content (AvgIpc) is 2.44. The van der Waals surface area contributed by atoms with Gasteiger partial charge in [0.05, 0.1) is 13.2 Å². The summed E-state index contributed by atoms with van der Waals surface area (Å²) < 4.78 is 5.38. The standard InChI is InChI=1S/C18H29N3O3/c1-11-8-9-15(24-7)14(10-11)12(2)19-13(3)16(22)20-17(23)21-18(4,5)6/h8-10,12-13,19H,1-7H3,(H2,20,21,22,23). The van der Waals surface area contributed by atoms with Crippen LogP contribution in [0.25, 0.3) is 0 Å². The van der Waals surface area contributed by atoms with Crippen molar-refractivity contribution in [3.8, 4) is 5.75 Å². The summed E-state index contributed by atoms with van der Waals surface area (Å²) in [4.78, 5) is 23.9. The number of hydrogen-bond acceptors (Lipinski definition) is 4. The third-order valence-electron chi connectivity index (χ3n) is 3.47. The molecule has 0 aliphatic heterocycles. The van der Waals surface area contributed by atoms with Gasteiger partial charge in [-0.15, -0.1) is 0 Å². The van der Waals surface area contributed by atoms with E-state index in [2.05, 4.69) is 16.0 Å². The van der Waals surface area contributed by atoms with Crippen molar-refractivity contribution in [3.63, 3.8) is 0 Å². The quantitative estimate of drug-likeness (QED) is 0.773. The van der Waals surface area contributed by atoms with Gasteiger partial charge in [0.15, 0.2) is 0 Å². The van der Waals surface area contributed by atoms with Crippen LogP contribution < -0.4 is 20.7 Å². The Morgan fingerprint density at radius 3 is 2.33 bits per heavy atom. The maximum Gasteiger partial charge on any atom is 0.321 e. The number of carbonyl (C=O) groups is 2. The molecule has 3 N–H and O–H groups in total. The van der Waals surface area contributed by atoms with Crippen LogP contribution in [-0.2, 0) is 4.79 Å². The summed E-state index contributed by atoms with van der Waals surface area (Å²) in [6, 6.07) is 4.77. The Kier molecular flexibility index (Phi) is 6.78. The monoisotopic (exact) mass is 335 g/mol. The van der Waals surface area contributed by atoms with E-state index in [1.165, 1.54) is 0 Å². The number of methoxy groups -OCH3 is 1. The van der Waals surface area contributed by atoms with E-state index in [4.69, 9.17) is 4.74 Å². The Balaban J connectivity index is 2.70. The summed E-state index contributed by atoms with van der Waals surface area (Å²) in [6.45, 7) is 11.2. The number of amides is 3. The molecule has 0 saturated carbocycles. The fourth-order valence-electron chi connectivity index (χ4n) is 2.32. The first-order valence-electron chi connectivity index (χ1n) is 8.07. The second-order valence-corrected chi connectivity index (χ2v) is 7.05. The number of benzene rings is 1. The van der Waals surface area contributed by atoms with E-state index >= 15 is 0 Å². The van der Waals surface area contributed by atoms with Gasteiger partial charge in [-0.05, 0) is 47.6 Å². The molecule has 3 amide bonds. The highest BCUT2D eigenvalue weighted by Crippen LogP contribution is 2.26. The number of aryl methyl sites for hydroxylation is 1. The number of hydrogen-bond donors (Lipinski definition) is 3. The molecular formula is C18H29N3O3. The number of carbonyl (C=O) groups excluding carboxylic acids is 2. The molecule has 0 radical (unpaired) electrons. The number of rotatable bonds is 5. The van der Waals surface area contributed by atoms with Crippen LogP contribution in [0.4, 0.5) is 4.79 Å². The lowest BCUT2D eigenvalue weighted by Crippen LogP contribution is -2.52. The molecule has 134 valence electrons. The first kappa shape index (κ1) is 20.0. The van der Waals surface area contributed by atoms with E-state index in [9.17, 15) is 9.59 Å². The SMILES string of the molecule is COc1ccc(C)cc1C(C)NC(C)C(=O)NC(=O)NC(C)(C)C. The van der Waals surface area contributed by atoms with E-state index in [-0.39, 0.29) is 11.9 Å². The molecule has 24 heavy (non-hydrogen) atoms. The van der Waals surface area contributed by atoms with Gasteiger partial charge in [-0.2, -0.15) is 0 Å². The lowest BCUT2D eigenvalue weighted by atomic mass is 10.0. The van der Waals surface area contributed by atoms with Crippen molar-refractivity contribution in [2.75, 3.05) is 7.11 Å². The summed E-state index contributed by atoms with van der Waals surface area (Å²) in [6.07, 6.45) is 0. The third kappa shape index (κ3) is 6.20. The Bertz CT molecular complexity index is 594. The van der Waals surface area contributed by atoms with Crippen molar-refractivity contribution in [3.05, 3.63) is 29.3 Å². The van der Waals surface area contributed by atoms with Gasteiger partial charge >= 0.3 is 6.03 Å². The first-order chi connectivity index (χ1) is 11.0. The largest absolute Gasteiger partial charge is 0.496 e. The second-order valence-electron chi connectivity index (χ2n) is 7.05. The lowest BCUT2D eigenvalue weighted by molar-refractivity contribution is -0.121. The Labute approximate surface area is 144 Å². The highest BCUT2D eigenvalue weighted by molar-refractivity contribution is 5.97. The van der Waals surface area contributed by atoms with Gasteiger partial charge in [0.2, 0.25) is 5.91 Å². The minimum Gasteiger partial charge on any atom is -0.496 e. The van der Waals surface area contributed by atoms with Crippen molar-refractivity contribution in [1.29, 1.82) is 0 Å². The van der Waals surface area contributed by atoms with Crippen LogP contribution >= 0.6 is 0 Å². The van der Waals surface area contributed by atoms with Crippen molar-refractivity contribution in [1.82, 2.24) is 16.0 Å². The maximum atomic E-state index is 12.2. The molecular weight excluding hydrogens is 306 g/mol. The molecule has 1 aromatic rings. The summed E-state index contributed by atoms with van der Waals surface area (Å²) in [5, 5.41) is 8.24. The maximum absolute atomic E-state index is 12.2. The molecule has 1 aromatic carbocycles. The topological polar surface area (TPSA) is 79.5 Å². The fraction of sp³-hybridized carbons (Fsp3) is 0.556. The molecule has 0 spiro atoms. The van der Waals surface area contributed by atoms with Crippen LogP contribution in [0.15, 0.2) is 18.2 Å². The summed E-state index contributed by atoms with van der Waals surface area (Å²) >= 11 is 0. The van der Waals surface area contributed by atoms with Gasteiger partial charge in [0.25, 0.3) is 0 Å². The molecule has 0 fully saturated rings. The van der Waals surface area contributed by atoms with E-state index in [0.29, 0.717) is 0 Å². The highest BCUT2D eigenvalue weighted by atomic mass is 16.5. The molecule has 6 nitrogen and oxygen atoms in total. The van der Waals surface area contributed by atoms with Crippen LogP contribution in [-0.4, -0.2) is 30.6 Å². The number of urea groups is 1. The summed E-state index contributed by atoms with van der Waals surface area (Å²) in [7, 11) is 1.62. The normalized spacial score (nSPS) is 13.8. The molecule has 2 unspecified atom stereocenters. The minimum absolute atomic E-state index is 0.105. The van der Waals surface area contributed by atoms with E-state index < -0.39 is 17.6 Å². The molecule has 6 heteroatoms. The van der Waals surface area contributed by atoms with Gasteiger partial charge in [-0.25, -0.2) is 4.79 Å². The zero-order valence-corrected chi connectivity index (χ0v) is 15.6. The predicted octanol–water partition coefficient (Wildman–Crippen LogP) is 2.67. The van der Waals surface area contributed by atoms with E-state index in [0.717, 1.165) is 16.9 Å². The molecule has 0 aromatic heterocycles. The summed E-state index contributed by atoms with van der Waals surface area (Å²) in [5.41, 5.74) is 1.68. The minimum atomic E-state index is -0.532. The first-order valence-corrected chi connectivity index (χ1v) is 8.07. The van der Waals surface area contributed by atoms with Gasteiger partial charge in [0, 0.05) is 17.1 Å². The van der Waals surface area contributed by atoms with E-state index in [1.54, 1.807) is 14.0 Å². The van der Waals surface area contributed by atoms with Gasteiger partial charge in [-0.1, -0.05) is 17.7 Å². The van der Waals surface area contributed by atoms with Crippen LogP contribution in [0.1, 0.15) is 51.8 Å². The Hall–Kier alpha value is -2.08. The number of ether oxygens (including phenoxy) is 1. The number of imide groups is 1. The van der Waals surface area contributed by atoms with Gasteiger partial charge in [0.1, 0.15) is 5.75 Å². The average molecular weight is 335 g/mol. The van der Waals surface area contributed by atoms with Crippen LogP contribution in [0, 0.1) is 6.92 Å². The molecule has 0 aliphatic rings. The van der Waals surface area contributed by atoms with Crippen molar-refractivity contribution in [2.24, 2.45) is 0 Å². The Morgan fingerprint density at radius 2 is 1.79 bits per heavy atom. The van der Waals surface area contributed by atoms with E-state index in [1.807, 2.05) is 52.8 Å². The molecule has 0 bridgehead atoms. The van der Waals surface area contributed by atoms with Gasteiger partial charge < -0.3 is 10.1 Å². The molecule has 1 rings (SSSR count). The fourth-order valence-corrected chi connectivity index (χ4v) is 2.32. The number of nitrogens with one attached hydrogen (secondary N) is 3. The van der Waals surface area contributed by atoms with Crippen LogP contribution in [0.3, 0.4) is 0 Å². The lowest BCUT2D eigenvalue weighted by Gasteiger charge is -2.23. The smallest absolute Gasteiger partial charge is 0.321 e. The van der Waals surface area contributed by atoms with Crippen LogP contribution in [0.5, 0.6) is 5.75 Å². The third-order valence-corrected chi connectivity index (χ3v) is 3.47. The zero-order valence-electron chi connectivity index (χ0n) is 15.6. The van der Waals surface area contributed by atoms with Gasteiger partial charge in [-0.3, -0.25) is 15.4 Å². The summed E-state index contributed by atoms with van der Waals surface area (Å²) in [5.74, 6) is 0.383. The van der Waals surface area contributed by atoms with Crippen molar-refractivity contribution >= 4 is 11.9 Å². The molecule has 0 aliphatic carbocycles. The molecule has 2 atom stereocenters. The Morgan fingerprint density at radius 1 is 1.17 bits per heavy atom. The second kappa shape index (κ2) is 8.15. The van der Waals surface area contributed by atoms with Crippen molar-refractivity contribution < 1.29 is 14.3 Å². The zero-order chi connectivity index (χ0) is 18.5. The van der Waals surface area contributed by atoms with Crippen LogP contribution in [0.2, 0.25) is 0 Å².